The van der Waals surface area contributed by atoms with Gasteiger partial charge in [-0.2, -0.15) is 26.3 Å². The van der Waals surface area contributed by atoms with E-state index >= 15 is 0 Å². The highest BCUT2D eigenvalue weighted by atomic mass is 79.9. The summed E-state index contributed by atoms with van der Waals surface area (Å²) in [5.41, 5.74) is -2.26. The average molecular weight is 344 g/mol. The number of halogens is 7. The minimum absolute atomic E-state index is 0.0252. The normalized spacial score (nSPS) is 13.0. The van der Waals surface area contributed by atoms with Gasteiger partial charge in [0, 0.05) is 9.86 Å². The molecule has 0 aliphatic heterocycles. The first-order chi connectivity index (χ1) is 8.59. The first kappa shape index (κ1) is 14.1. The van der Waals surface area contributed by atoms with Crippen LogP contribution in [0.2, 0.25) is 0 Å². The third-order valence-corrected chi connectivity index (χ3v) is 3.03. The van der Waals surface area contributed by atoms with E-state index in [0.717, 1.165) is 12.1 Å². The van der Waals surface area contributed by atoms with Crippen LogP contribution in [-0.4, -0.2) is 4.98 Å². The number of pyridine rings is 1. The molecule has 0 N–H and O–H groups in total. The van der Waals surface area contributed by atoms with Crippen LogP contribution in [0, 0.1) is 0 Å². The summed E-state index contributed by atoms with van der Waals surface area (Å²) in [6.45, 7) is 0. The SMILES string of the molecule is FC(F)(F)c1ccc2nc(C(F)(F)F)cc(Br)c2c1. The van der Waals surface area contributed by atoms with Gasteiger partial charge in [-0.15, -0.1) is 0 Å². The lowest BCUT2D eigenvalue weighted by atomic mass is 10.1. The van der Waals surface area contributed by atoms with Gasteiger partial charge in [0.05, 0.1) is 11.1 Å². The van der Waals surface area contributed by atoms with Gasteiger partial charge in [-0.1, -0.05) is 15.9 Å². The molecule has 0 atom stereocenters. The van der Waals surface area contributed by atoms with Crippen molar-refractivity contribution in [1.29, 1.82) is 0 Å². The average Bonchev–Trinajstić information content (AvgIpc) is 2.26. The Bertz CT molecular complexity index is 631. The van der Waals surface area contributed by atoms with Crippen LogP contribution < -0.4 is 0 Å². The Morgan fingerprint density at radius 1 is 0.895 bits per heavy atom. The molecule has 0 saturated carbocycles. The molecule has 0 radical (unpaired) electrons. The summed E-state index contributed by atoms with van der Waals surface area (Å²) in [4.78, 5) is 3.31. The summed E-state index contributed by atoms with van der Waals surface area (Å²) in [5.74, 6) is 0. The maximum absolute atomic E-state index is 12.5. The number of fused-ring (bicyclic) bond motifs is 1. The molecule has 0 amide bonds. The fourth-order valence-electron chi connectivity index (χ4n) is 1.51. The molecule has 2 rings (SSSR count). The van der Waals surface area contributed by atoms with E-state index in [1.54, 1.807) is 0 Å². The van der Waals surface area contributed by atoms with E-state index in [-0.39, 0.29) is 15.4 Å². The molecule has 0 spiro atoms. The van der Waals surface area contributed by atoms with E-state index in [4.69, 9.17) is 0 Å². The van der Waals surface area contributed by atoms with E-state index in [1.807, 2.05) is 0 Å². The van der Waals surface area contributed by atoms with Gasteiger partial charge in [-0.05, 0) is 24.3 Å². The van der Waals surface area contributed by atoms with Gasteiger partial charge in [0.2, 0.25) is 0 Å². The van der Waals surface area contributed by atoms with E-state index in [0.29, 0.717) is 12.1 Å². The van der Waals surface area contributed by atoms with Crippen molar-refractivity contribution in [2.24, 2.45) is 0 Å². The van der Waals surface area contributed by atoms with Crippen molar-refractivity contribution in [2.45, 2.75) is 12.4 Å². The molecule has 0 bridgehead atoms. The van der Waals surface area contributed by atoms with Gasteiger partial charge in [-0.25, -0.2) is 4.98 Å². The number of nitrogens with zero attached hydrogens (tertiary/aromatic N) is 1. The highest BCUT2D eigenvalue weighted by Crippen LogP contribution is 2.36. The van der Waals surface area contributed by atoms with Gasteiger partial charge in [0.15, 0.2) is 0 Å². The zero-order chi connectivity index (χ0) is 14.4. The molecule has 0 aliphatic carbocycles. The second-order valence-electron chi connectivity index (χ2n) is 3.72. The van der Waals surface area contributed by atoms with Gasteiger partial charge < -0.3 is 0 Å². The number of aromatic nitrogens is 1. The van der Waals surface area contributed by atoms with Crippen LogP contribution in [0.1, 0.15) is 11.3 Å². The quantitative estimate of drug-likeness (QED) is 0.611. The maximum Gasteiger partial charge on any atom is 0.433 e. The zero-order valence-electron chi connectivity index (χ0n) is 8.90. The molecule has 0 saturated heterocycles. The molecule has 8 heteroatoms. The van der Waals surface area contributed by atoms with E-state index in [9.17, 15) is 26.3 Å². The van der Waals surface area contributed by atoms with Crippen molar-refractivity contribution < 1.29 is 26.3 Å². The lowest BCUT2D eigenvalue weighted by molar-refractivity contribution is -0.141. The van der Waals surface area contributed by atoms with Crippen LogP contribution in [0.5, 0.6) is 0 Å². The summed E-state index contributed by atoms with van der Waals surface area (Å²) in [5, 5.41) is -0.0252. The van der Waals surface area contributed by atoms with Crippen molar-refractivity contribution in [2.75, 3.05) is 0 Å². The van der Waals surface area contributed by atoms with E-state index in [2.05, 4.69) is 20.9 Å². The minimum atomic E-state index is -4.65. The molecule has 1 heterocycles. The Kier molecular flexibility index (Phi) is 3.24. The molecule has 102 valence electrons. The number of benzene rings is 1. The molecular formula is C11H4BrF6N. The number of rotatable bonds is 0. The molecular weight excluding hydrogens is 340 g/mol. The fraction of sp³-hybridized carbons (Fsp3) is 0.182. The lowest BCUT2D eigenvalue weighted by Crippen LogP contribution is -2.09. The maximum atomic E-state index is 12.5. The number of hydrogen-bond acceptors (Lipinski definition) is 1. The van der Waals surface area contributed by atoms with Crippen LogP contribution in [0.4, 0.5) is 26.3 Å². The Labute approximate surface area is 111 Å². The van der Waals surface area contributed by atoms with Crippen molar-refractivity contribution in [3.8, 4) is 0 Å². The summed E-state index contributed by atoms with van der Waals surface area (Å²) in [6.07, 6.45) is -9.21. The molecule has 19 heavy (non-hydrogen) atoms. The number of hydrogen-bond donors (Lipinski definition) is 0. The summed E-state index contributed by atoms with van der Waals surface area (Å²) >= 11 is 2.83. The predicted molar refractivity (Wildman–Crippen MR) is 59.4 cm³/mol. The molecule has 0 unspecified atom stereocenters. The number of alkyl halides is 6. The first-order valence-corrected chi connectivity index (χ1v) is 5.63. The van der Waals surface area contributed by atoms with Crippen LogP contribution in [0.25, 0.3) is 10.9 Å². The topological polar surface area (TPSA) is 12.9 Å². The van der Waals surface area contributed by atoms with E-state index < -0.39 is 23.6 Å². The highest BCUT2D eigenvalue weighted by molar-refractivity contribution is 9.10. The van der Waals surface area contributed by atoms with Crippen LogP contribution in [0.3, 0.4) is 0 Å². The summed E-state index contributed by atoms with van der Waals surface area (Å²) < 4.78 is 74.9. The molecule has 1 aromatic heterocycles. The van der Waals surface area contributed by atoms with Crippen molar-refractivity contribution in [3.63, 3.8) is 0 Å². The first-order valence-electron chi connectivity index (χ1n) is 4.84. The van der Waals surface area contributed by atoms with Crippen LogP contribution in [-0.2, 0) is 12.4 Å². The fourth-order valence-corrected chi connectivity index (χ4v) is 2.04. The molecule has 1 nitrogen and oxygen atoms in total. The Morgan fingerprint density at radius 2 is 1.53 bits per heavy atom. The van der Waals surface area contributed by atoms with E-state index in [1.165, 1.54) is 0 Å². The smallest absolute Gasteiger partial charge is 0.243 e. The molecule has 2 aromatic rings. The van der Waals surface area contributed by atoms with Crippen LogP contribution in [0.15, 0.2) is 28.7 Å². The second-order valence-corrected chi connectivity index (χ2v) is 4.57. The summed E-state index contributed by atoms with van der Waals surface area (Å²) in [7, 11) is 0. The Morgan fingerprint density at radius 3 is 2.05 bits per heavy atom. The minimum Gasteiger partial charge on any atom is -0.243 e. The monoisotopic (exact) mass is 343 g/mol. The van der Waals surface area contributed by atoms with Gasteiger partial charge in [0.1, 0.15) is 5.69 Å². The Balaban J connectivity index is 2.67. The lowest BCUT2D eigenvalue weighted by Gasteiger charge is -2.11. The third kappa shape index (κ3) is 2.83. The third-order valence-electron chi connectivity index (χ3n) is 2.38. The van der Waals surface area contributed by atoms with Crippen molar-refractivity contribution in [3.05, 3.63) is 40.0 Å². The standard InChI is InChI=1S/C11H4BrF6N/c12-7-4-9(11(16,17)18)19-8-2-1-5(3-6(7)8)10(13,14)15/h1-4H. The Hall–Kier alpha value is -1.31. The summed E-state index contributed by atoms with van der Waals surface area (Å²) in [6, 6.07) is 3.02. The molecule has 0 fully saturated rings. The van der Waals surface area contributed by atoms with Crippen molar-refractivity contribution in [1.82, 2.24) is 4.98 Å². The zero-order valence-corrected chi connectivity index (χ0v) is 10.5. The van der Waals surface area contributed by atoms with Gasteiger partial charge in [0.25, 0.3) is 0 Å². The van der Waals surface area contributed by atoms with Gasteiger partial charge >= 0.3 is 12.4 Å². The molecule has 0 aliphatic rings. The predicted octanol–water partition coefficient (Wildman–Crippen LogP) is 5.03. The largest absolute Gasteiger partial charge is 0.433 e. The second kappa shape index (κ2) is 4.36. The highest BCUT2D eigenvalue weighted by Gasteiger charge is 2.34. The molecule has 1 aromatic carbocycles. The van der Waals surface area contributed by atoms with Gasteiger partial charge in [-0.3, -0.25) is 0 Å². The van der Waals surface area contributed by atoms with Crippen molar-refractivity contribution >= 4 is 26.8 Å². The van der Waals surface area contributed by atoms with Crippen LogP contribution >= 0.6 is 15.9 Å².